The van der Waals surface area contributed by atoms with Crippen molar-refractivity contribution in [2.24, 2.45) is 11.8 Å². The van der Waals surface area contributed by atoms with Gasteiger partial charge in [0.05, 0.1) is 17.7 Å². The van der Waals surface area contributed by atoms with E-state index in [0.717, 1.165) is 51.5 Å². The fourth-order valence-corrected chi connectivity index (χ4v) is 5.02. The number of nitrogens with one attached hydrogen (secondary N) is 2. The van der Waals surface area contributed by atoms with Crippen LogP contribution in [0.2, 0.25) is 0 Å². The first kappa shape index (κ1) is 28.3. The van der Waals surface area contributed by atoms with E-state index in [1.807, 2.05) is 4.90 Å². The van der Waals surface area contributed by atoms with E-state index in [1.165, 1.54) is 0 Å². The Morgan fingerprint density at radius 2 is 1.42 bits per heavy atom. The van der Waals surface area contributed by atoms with Gasteiger partial charge in [0.15, 0.2) is 0 Å². The molecular weight excluding hydrogens is 488 g/mol. The molecule has 0 aromatic heterocycles. The molecule has 1 saturated heterocycles. The van der Waals surface area contributed by atoms with Gasteiger partial charge in [-0.05, 0) is 88.4 Å². The molecule has 0 bridgehead atoms. The number of amides is 2. The summed E-state index contributed by atoms with van der Waals surface area (Å²) >= 11 is 0. The van der Waals surface area contributed by atoms with Crippen LogP contribution in [0, 0.1) is 11.8 Å². The third-order valence-corrected chi connectivity index (χ3v) is 7.20. The number of hydrogen-bond acceptors (Lipinski definition) is 3. The molecule has 2 N–H and O–H groups in total. The summed E-state index contributed by atoms with van der Waals surface area (Å²) in [4.78, 5) is 26.7. The Morgan fingerprint density at radius 1 is 0.861 bits per heavy atom. The van der Waals surface area contributed by atoms with E-state index in [1.54, 1.807) is 0 Å². The molecule has 0 radical (unpaired) electrons. The Kier molecular flexibility index (Phi) is 9.29. The molecule has 1 aliphatic heterocycles. The molecule has 36 heavy (non-hydrogen) atoms. The molecule has 5 nitrogen and oxygen atoms in total. The Morgan fingerprint density at radius 3 is 1.94 bits per heavy atom. The minimum atomic E-state index is -5.00. The van der Waals surface area contributed by atoms with E-state index in [9.17, 15) is 35.9 Å². The fourth-order valence-electron chi connectivity index (χ4n) is 5.02. The van der Waals surface area contributed by atoms with E-state index >= 15 is 0 Å². The molecule has 202 valence electrons. The maximum atomic E-state index is 13.0. The van der Waals surface area contributed by atoms with Crippen molar-refractivity contribution in [2.75, 3.05) is 26.2 Å². The van der Waals surface area contributed by atoms with Crippen molar-refractivity contribution in [2.45, 2.75) is 70.3 Å². The minimum Gasteiger partial charge on any atom is -0.352 e. The summed E-state index contributed by atoms with van der Waals surface area (Å²) in [5.41, 5.74) is -3.69. The lowest BCUT2D eigenvalue weighted by atomic mass is 9.82. The average Bonchev–Trinajstić information content (AvgIpc) is 2.82. The highest BCUT2D eigenvalue weighted by molar-refractivity contribution is 5.94. The van der Waals surface area contributed by atoms with E-state index < -0.39 is 35.0 Å². The molecule has 1 heterocycles. The molecule has 1 atom stereocenters. The first-order valence-corrected chi connectivity index (χ1v) is 12.4. The summed E-state index contributed by atoms with van der Waals surface area (Å²) in [5, 5.41) is 5.75. The number of benzene rings is 1. The Hall–Kier alpha value is -2.30. The van der Waals surface area contributed by atoms with E-state index in [2.05, 4.69) is 17.6 Å². The fraction of sp³-hybridized carbons (Fsp3) is 0.680. The van der Waals surface area contributed by atoms with Gasteiger partial charge >= 0.3 is 12.4 Å². The molecule has 1 saturated carbocycles. The monoisotopic (exact) mass is 521 g/mol. The van der Waals surface area contributed by atoms with Crippen LogP contribution in [0.5, 0.6) is 0 Å². The maximum Gasteiger partial charge on any atom is 0.416 e. The largest absolute Gasteiger partial charge is 0.416 e. The van der Waals surface area contributed by atoms with Crippen molar-refractivity contribution in [1.29, 1.82) is 0 Å². The number of carbonyl (C=O) groups excluding carboxylic acids is 2. The number of likely N-dealkylation sites (tertiary alicyclic amines) is 1. The van der Waals surface area contributed by atoms with Crippen molar-refractivity contribution < 1.29 is 35.9 Å². The van der Waals surface area contributed by atoms with Crippen LogP contribution < -0.4 is 10.6 Å². The number of rotatable bonds is 7. The molecule has 0 spiro atoms. The van der Waals surface area contributed by atoms with Gasteiger partial charge < -0.3 is 15.5 Å². The third kappa shape index (κ3) is 7.85. The summed E-state index contributed by atoms with van der Waals surface area (Å²) in [6.07, 6.45) is -3.50. The SMILES string of the molecule is CC1CCCCN1C(=O)CNC[C@H]1CC[C@H](CNC(=O)c2cc(C(F)(F)F)cc(C(F)(F)F)c2)CC1. The summed E-state index contributed by atoms with van der Waals surface area (Å²) in [6.45, 7) is 4.06. The standard InChI is InChI=1S/C25H33F6N3O2/c1-16-4-2-3-9-34(16)22(35)15-32-13-17-5-7-18(8-6-17)14-33-23(36)19-10-20(24(26,27)28)12-21(11-19)25(29,30)31/h10-12,16-18,32H,2-9,13-15H2,1H3,(H,33,36)/t16?,17-,18-. The van der Waals surface area contributed by atoms with Gasteiger partial charge in [0, 0.05) is 24.7 Å². The summed E-state index contributed by atoms with van der Waals surface area (Å²) in [7, 11) is 0. The Balaban J connectivity index is 1.43. The minimum absolute atomic E-state index is 0.00672. The molecule has 1 aromatic rings. The van der Waals surface area contributed by atoms with Gasteiger partial charge in [-0.3, -0.25) is 9.59 Å². The average molecular weight is 522 g/mol. The van der Waals surface area contributed by atoms with Gasteiger partial charge in [-0.2, -0.15) is 26.3 Å². The highest BCUT2D eigenvalue weighted by Gasteiger charge is 2.37. The molecule has 1 aliphatic carbocycles. The summed E-state index contributed by atoms with van der Waals surface area (Å²) in [6, 6.07) is 1.17. The maximum absolute atomic E-state index is 13.0. The van der Waals surface area contributed by atoms with Crippen LogP contribution in [-0.2, 0) is 17.1 Å². The summed E-state index contributed by atoms with van der Waals surface area (Å²) < 4.78 is 78.2. The summed E-state index contributed by atoms with van der Waals surface area (Å²) in [5.74, 6) is -0.377. The number of hydrogen-bond donors (Lipinski definition) is 2. The lowest BCUT2D eigenvalue weighted by molar-refractivity contribution is -0.143. The van der Waals surface area contributed by atoms with Crippen LogP contribution in [0.15, 0.2) is 18.2 Å². The normalized spacial score (nSPS) is 23.4. The lowest BCUT2D eigenvalue weighted by Crippen LogP contribution is -2.46. The first-order valence-electron chi connectivity index (χ1n) is 12.4. The van der Waals surface area contributed by atoms with Gasteiger partial charge in [-0.1, -0.05) is 0 Å². The first-order chi connectivity index (χ1) is 16.8. The second-order valence-corrected chi connectivity index (χ2v) is 9.95. The van der Waals surface area contributed by atoms with Crippen LogP contribution in [0.25, 0.3) is 0 Å². The van der Waals surface area contributed by atoms with E-state index in [0.29, 0.717) is 31.1 Å². The Bertz CT molecular complexity index is 878. The second-order valence-electron chi connectivity index (χ2n) is 9.95. The van der Waals surface area contributed by atoms with Gasteiger partial charge in [0.25, 0.3) is 5.91 Å². The molecule has 11 heteroatoms. The smallest absolute Gasteiger partial charge is 0.352 e. The zero-order chi connectivity index (χ0) is 26.5. The van der Waals surface area contributed by atoms with Gasteiger partial charge in [0.2, 0.25) is 5.91 Å². The van der Waals surface area contributed by atoms with E-state index in [-0.39, 0.29) is 30.5 Å². The van der Waals surface area contributed by atoms with Crippen molar-refractivity contribution in [1.82, 2.24) is 15.5 Å². The number of halogens is 6. The van der Waals surface area contributed by atoms with Crippen LogP contribution in [0.1, 0.15) is 73.4 Å². The third-order valence-electron chi connectivity index (χ3n) is 7.20. The zero-order valence-corrected chi connectivity index (χ0v) is 20.3. The van der Waals surface area contributed by atoms with Gasteiger partial charge in [0.1, 0.15) is 0 Å². The second kappa shape index (κ2) is 11.8. The topological polar surface area (TPSA) is 61.4 Å². The number of alkyl halides is 6. The van der Waals surface area contributed by atoms with Gasteiger partial charge in [-0.25, -0.2) is 0 Å². The molecule has 2 amide bonds. The number of carbonyl (C=O) groups is 2. The van der Waals surface area contributed by atoms with Crippen LogP contribution in [0.3, 0.4) is 0 Å². The molecule has 1 unspecified atom stereocenters. The Labute approximate surface area is 207 Å². The lowest BCUT2D eigenvalue weighted by Gasteiger charge is -2.34. The van der Waals surface area contributed by atoms with Crippen molar-refractivity contribution in [3.05, 3.63) is 34.9 Å². The highest BCUT2D eigenvalue weighted by atomic mass is 19.4. The molecule has 3 rings (SSSR count). The van der Waals surface area contributed by atoms with E-state index in [4.69, 9.17) is 0 Å². The van der Waals surface area contributed by atoms with Crippen LogP contribution >= 0.6 is 0 Å². The van der Waals surface area contributed by atoms with Gasteiger partial charge in [-0.15, -0.1) is 0 Å². The van der Waals surface area contributed by atoms with Crippen LogP contribution in [0.4, 0.5) is 26.3 Å². The molecule has 1 aromatic carbocycles. The predicted octanol–water partition coefficient (Wildman–Crippen LogP) is 5.25. The number of piperidine rings is 1. The van der Waals surface area contributed by atoms with Crippen molar-refractivity contribution in [3.63, 3.8) is 0 Å². The quantitative estimate of drug-likeness (QED) is 0.482. The van der Waals surface area contributed by atoms with Crippen molar-refractivity contribution in [3.8, 4) is 0 Å². The zero-order valence-electron chi connectivity index (χ0n) is 20.3. The van der Waals surface area contributed by atoms with Crippen molar-refractivity contribution >= 4 is 11.8 Å². The highest BCUT2D eigenvalue weighted by Crippen LogP contribution is 2.36. The van der Waals surface area contributed by atoms with Crippen LogP contribution in [-0.4, -0.2) is 48.9 Å². The molecule has 2 fully saturated rings. The molecular formula is C25H33F6N3O2. The predicted molar refractivity (Wildman–Crippen MR) is 122 cm³/mol. The molecule has 2 aliphatic rings. The number of nitrogens with zero attached hydrogens (tertiary/aromatic N) is 1.